The maximum atomic E-state index is 3.67. The average molecular weight is 222 g/mol. The van der Waals surface area contributed by atoms with Crippen molar-refractivity contribution >= 4 is 0 Å². The molecule has 3 unspecified atom stereocenters. The van der Waals surface area contributed by atoms with Crippen molar-refractivity contribution in [2.45, 2.75) is 51.6 Å². The zero-order valence-corrected chi connectivity index (χ0v) is 10.8. The summed E-state index contributed by atoms with van der Waals surface area (Å²) in [4.78, 5) is 2.80. The Balaban J connectivity index is 1.58. The minimum Gasteiger partial charge on any atom is -0.312 e. The smallest absolute Gasteiger partial charge is 0.0236 e. The van der Waals surface area contributed by atoms with Crippen LogP contribution in [0.4, 0.5) is 0 Å². The lowest BCUT2D eigenvalue weighted by Gasteiger charge is -2.37. The summed E-state index contributed by atoms with van der Waals surface area (Å²) in [7, 11) is 0. The number of rotatable bonds is 1. The van der Waals surface area contributed by atoms with E-state index in [0.29, 0.717) is 0 Å². The van der Waals surface area contributed by atoms with Gasteiger partial charge >= 0.3 is 0 Å². The SMILES string of the molecule is CC1CCC(N2C[C@@H]3CCN[C@@H]3C2)CC1C. The molecule has 2 saturated heterocycles. The summed E-state index contributed by atoms with van der Waals surface area (Å²) in [5.41, 5.74) is 0. The minimum atomic E-state index is 0.828. The Labute approximate surface area is 99.8 Å². The van der Waals surface area contributed by atoms with Gasteiger partial charge in [0, 0.05) is 25.2 Å². The molecule has 3 rings (SSSR count). The van der Waals surface area contributed by atoms with Gasteiger partial charge in [-0.1, -0.05) is 13.8 Å². The minimum absolute atomic E-state index is 0.828. The fourth-order valence-corrected chi connectivity index (χ4v) is 4.03. The first kappa shape index (κ1) is 11.0. The molecule has 92 valence electrons. The van der Waals surface area contributed by atoms with Gasteiger partial charge < -0.3 is 5.32 Å². The Morgan fingerprint density at radius 3 is 2.62 bits per heavy atom. The molecule has 0 amide bonds. The molecule has 0 radical (unpaired) electrons. The van der Waals surface area contributed by atoms with Gasteiger partial charge in [-0.25, -0.2) is 0 Å². The van der Waals surface area contributed by atoms with Gasteiger partial charge in [0.1, 0.15) is 0 Å². The Morgan fingerprint density at radius 1 is 1.00 bits per heavy atom. The van der Waals surface area contributed by atoms with Gasteiger partial charge in [0.05, 0.1) is 0 Å². The monoisotopic (exact) mass is 222 g/mol. The summed E-state index contributed by atoms with van der Waals surface area (Å²) < 4.78 is 0. The lowest BCUT2D eigenvalue weighted by molar-refractivity contribution is 0.124. The highest BCUT2D eigenvalue weighted by Gasteiger charge is 2.39. The highest BCUT2D eigenvalue weighted by molar-refractivity contribution is 4.97. The second-order valence-electron chi connectivity index (χ2n) is 6.48. The molecule has 2 aliphatic heterocycles. The predicted molar refractivity (Wildman–Crippen MR) is 67.4 cm³/mol. The molecular weight excluding hydrogens is 196 g/mol. The average Bonchev–Trinajstić information content (AvgIpc) is 2.81. The van der Waals surface area contributed by atoms with E-state index in [0.717, 1.165) is 29.8 Å². The molecule has 2 heterocycles. The lowest BCUT2D eigenvalue weighted by atomic mass is 9.78. The van der Waals surface area contributed by atoms with Crippen LogP contribution in [0, 0.1) is 17.8 Å². The van der Waals surface area contributed by atoms with Crippen LogP contribution in [0.3, 0.4) is 0 Å². The summed E-state index contributed by atoms with van der Waals surface area (Å²) in [6.45, 7) is 8.86. The van der Waals surface area contributed by atoms with Gasteiger partial charge in [0.15, 0.2) is 0 Å². The molecule has 16 heavy (non-hydrogen) atoms. The number of nitrogens with one attached hydrogen (secondary N) is 1. The number of fused-ring (bicyclic) bond motifs is 1. The molecule has 2 heteroatoms. The molecule has 2 nitrogen and oxygen atoms in total. The zero-order chi connectivity index (χ0) is 11.1. The van der Waals surface area contributed by atoms with Gasteiger partial charge in [0.2, 0.25) is 0 Å². The van der Waals surface area contributed by atoms with E-state index in [9.17, 15) is 0 Å². The van der Waals surface area contributed by atoms with Crippen LogP contribution in [0.15, 0.2) is 0 Å². The molecule has 1 saturated carbocycles. The maximum Gasteiger partial charge on any atom is 0.0236 e. The maximum absolute atomic E-state index is 3.67. The van der Waals surface area contributed by atoms with Crippen molar-refractivity contribution in [3.05, 3.63) is 0 Å². The highest BCUT2D eigenvalue weighted by atomic mass is 15.2. The molecule has 1 N–H and O–H groups in total. The lowest BCUT2D eigenvalue weighted by Crippen LogP contribution is -2.41. The fourth-order valence-electron chi connectivity index (χ4n) is 4.03. The van der Waals surface area contributed by atoms with E-state index in [1.165, 1.54) is 45.3 Å². The largest absolute Gasteiger partial charge is 0.312 e. The molecule has 1 aliphatic carbocycles. The second kappa shape index (κ2) is 4.30. The van der Waals surface area contributed by atoms with Gasteiger partial charge in [0.25, 0.3) is 0 Å². The molecular formula is C14H26N2. The quantitative estimate of drug-likeness (QED) is 0.731. The molecule has 0 aromatic rings. The number of hydrogen-bond acceptors (Lipinski definition) is 2. The van der Waals surface area contributed by atoms with Crippen LogP contribution in [0.2, 0.25) is 0 Å². The van der Waals surface area contributed by atoms with Crippen molar-refractivity contribution in [2.75, 3.05) is 19.6 Å². The first-order chi connectivity index (χ1) is 7.74. The van der Waals surface area contributed by atoms with Crippen molar-refractivity contribution in [2.24, 2.45) is 17.8 Å². The summed E-state index contributed by atoms with van der Waals surface area (Å²) >= 11 is 0. The summed E-state index contributed by atoms with van der Waals surface area (Å²) in [6.07, 6.45) is 5.76. The van der Waals surface area contributed by atoms with Crippen molar-refractivity contribution in [1.29, 1.82) is 0 Å². The van der Waals surface area contributed by atoms with E-state index in [4.69, 9.17) is 0 Å². The third-order valence-electron chi connectivity index (χ3n) is 5.48. The van der Waals surface area contributed by atoms with E-state index in [2.05, 4.69) is 24.1 Å². The van der Waals surface area contributed by atoms with Gasteiger partial charge in [-0.15, -0.1) is 0 Å². The molecule has 5 atom stereocenters. The van der Waals surface area contributed by atoms with Crippen LogP contribution in [-0.2, 0) is 0 Å². The normalized spacial score (nSPS) is 49.5. The Morgan fingerprint density at radius 2 is 1.88 bits per heavy atom. The Hall–Kier alpha value is -0.0800. The Kier molecular flexibility index (Phi) is 2.97. The topological polar surface area (TPSA) is 15.3 Å². The van der Waals surface area contributed by atoms with E-state index in [1.807, 2.05) is 0 Å². The first-order valence-electron chi connectivity index (χ1n) is 7.21. The van der Waals surface area contributed by atoms with Crippen molar-refractivity contribution in [3.8, 4) is 0 Å². The van der Waals surface area contributed by atoms with Crippen LogP contribution in [-0.4, -0.2) is 36.6 Å². The molecule has 0 spiro atoms. The Bertz CT molecular complexity index is 238. The van der Waals surface area contributed by atoms with Crippen molar-refractivity contribution in [3.63, 3.8) is 0 Å². The van der Waals surface area contributed by atoms with Gasteiger partial charge in [-0.2, -0.15) is 0 Å². The standard InChI is InChI=1S/C14H26N2/c1-10-3-4-13(7-11(10)2)16-8-12-5-6-15-14(12)9-16/h10-15H,3-9H2,1-2H3/t10?,11?,12-,13?,14+/m0/s1. The molecule has 3 aliphatic rings. The first-order valence-corrected chi connectivity index (χ1v) is 7.21. The predicted octanol–water partition coefficient (Wildman–Crippen LogP) is 2.10. The zero-order valence-electron chi connectivity index (χ0n) is 10.8. The molecule has 3 fully saturated rings. The second-order valence-corrected chi connectivity index (χ2v) is 6.48. The highest BCUT2D eigenvalue weighted by Crippen LogP contribution is 2.35. The summed E-state index contributed by atoms with van der Waals surface area (Å²) in [5, 5.41) is 3.67. The molecule has 0 bridgehead atoms. The third kappa shape index (κ3) is 1.91. The van der Waals surface area contributed by atoms with Gasteiger partial charge in [-0.05, 0) is 50.0 Å². The summed E-state index contributed by atoms with van der Waals surface area (Å²) in [5.74, 6) is 2.86. The molecule has 0 aromatic heterocycles. The van der Waals surface area contributed by atoms with Crippen molar-refractivity contribution < 1.29 is 0 Å². The number of nitrogens with zero attached hydrogens (tertiary/aromatic N) is 1. The third-order valence-corrected chi connectivity index (χ3v) is 5.48. The summed E-state index contributed by atoms with van der Waals surface area (Å²) in [6, 6.07) is 1.73. The number of hydrogen-bond donors (Lipinski definition) is 1. The van der Waals surface area contributed by atoms with E-state index < -0.39 is 0 Å². The molecule has 0 aromatic carbocycles. The van der Waals surface area contributed by atoms with Crippen LogP contribution in [0.25, 0.3) is 0 Å². The van der Waals surface area contributed by atoms with E-state index in [-0.39, 0.29) is 0 Å². The number of likely N-dealkylation sites (tertiary alicyclic amines) is 1. The van der Waals surface area contributed by atoms with Crippen LogP contribution in [0.1, 0.15) is 39.5 Å². The van der Waals surface area contributed by atoms with Crippen LogP contribution in [0.5, 0.6) is 0 Å². The van der Waals surface area contributed by atoms with E-state index in [1.54, 1.807) is 0 Å². The van der Waals surface area contributed by atoms with Crippen LogP contribution >= 0.6 is 0 Å². The van der Waals surface area contributed by atoms with Crippen molar-refractivity contribution in [1.82, 2.24) is 10.2 Å². The fraction of sp³-hybridized carbons (Fsp3) is 1.00. The van der Waals surface area contributed by atoms with Gasteiger partial charge in [-0.3, -0.25) is 4.90 Å². The van der Waals surface area contributed by atoms with Crippen LogP contribution < -0.4 is 5.32 Å². The van der Waals surface area contributed by atoms with E-state index >= 15 is 0 Å².